The molecule has 2 amide bonds. The van der Waals surface area contributed by atoms with E-state index in [0.29, 0.717) is 18.1 Å². The Kier molecular flexibility index (Phi) is 5.73. The van der Waals surface area contributed by atoms with Crippen molar-refractivity contribution in [2.24, 2.45) is 5.92 Å². The number of hydrogen-bond acceptors (Lipinski definition) is 5. The number of nitrogens with one attached hydrogen (secondary N) is 1. The maximum absolute atomic E-state index is 12.4. The third-order valence-corrected chi connectivity index (χ3v) is 5.69. The summed E-state index contributed by atoms with van der Waals surface area (Å²) in [6, 6.07) is 0. The van der Waals surface area contributed by atoms with Gasteiger partial charge in [-0.3, -0.25) is 9.59 Å². The second-order valence-corrected chi connectivity index (χ2v) is 7.71. The number of aromatic nitrogens is 2. The van der Waals surface area contributed by atoms with Crippen LogP contribution in [0.25, 0.3) is 0 Å². The van der Waals surface area contributed by atoms with Crippen LogP contribution in [0, 0.1) is 5.92 Å². The van der Waals surface area contributed by atoms with Crippen LogP contribution in [0.4, 0.5) is 5.13 Å². The lowest BCUT2D eigenvalue weighted by Gasteiger charge is -2.17. The van der Waals surface area contributed by atoms with E-state index in [2.05, 4.69) is 43.2 Å². The van der Waals surface area contributed by atoms with Crippen molar-refractivity contribution in [3.8, 4) is 0 Å². The number of likely N-dealkylation sites (tertiary alicyclic amines) is 1. The fraction of sp³-hybridized carbons (Fsp3) is 0.750. The summed E-state index contributed by atoms with van der Waals surface area (Å²) in [5.74, 6) is -0.344. The predicted octanol–water partition coefficient (Wildman–Crippen LogP) is 2.81. The molecular formula is C16H26N4O2S. The van der Waals surface area contributed by atoms with Crippen LogP contribution in [0.15, 0.2) is 0 Å². The maximum Gasteiger partial charge on any atom is 0.231 e. The molecule has 1 atom stereocenters. The first-order valence-electron chi connectivity index (χ1n) is 8.30. The molecule has 2 rings (SSSR count). The Morgan fingerprint density at radius 3 is 2.78 bits per heavy atom. The molecule has 0 radical (unpaired) electrons. The molecule has 0 aliphatic carbocycles. The van der Waals surface area contributed by atoms with E-state index >= 15 is 0 Å². The molecule has 1 fully saturated rings. The summed E-state index contributed by atoms with van der Waals surface area (Å²) in [7, 11) is 0. The van der Waals surface area contributed by atoms with E-state index < -0.39 is 0 Å². The van der Waals surface area contributed by atoms with Gasteiger partial charge in [0.15, 0.2) is 0 Å². The molecule has 1 N–H and O–H groups in total. The van der Waals surface area contributed by atoms with Crippen LogP contribution in [0.3, 0.4) is 0 Å². The Labute approximate surface area is 141 Å². The summed E-state index contributed by atoms with van der Waals surface area (Å²) in [4.78, 5) is 26.1. The second kappa shape index (κ2) is 7.38. The second-order valence-electron chi connectivity index (χ2n) is 6.73. The lowest BCUT2D eigenvalue weighted by atomic mass is 9.91. The molecule has 6 nitrogen and oxygen atoms in total. The van der Waals surface area contributed by atoms with Crippen LogP contribution in [0.5, 0.6) is 0 Å². The Balaban J connectivity index is 1.94. The van der Waals surface area contributed by atoms with E-state index in [-0.39, 0.29) is 23.1 Å². The van der Waals surface area contributed by atoms with Gasteiger partial charge in [-0.25, -0.2) is 0 Å². The monoisotopic (exact) mass is 338 g/mol. The van der Waals surface area contributed by atoms with Crippen molar-refractivity contribution in [2.75, 3.05) is 18.4 Å². The fourth-order valence-electron chi connectivity index (χ4n) is 2.42. The van der Waals surface area contributed by atoms with Gasteiger partial charge >= 0.3 is 0 Å². The standard InChI is InChI=1S/C16H26N4O2S/c1-5-7-8-20-10-11(9-12(20)21)13(22)17-15-19-18-14(23-15)16(3,4)6-2/h11H,5-10H2,1-4H3,(H,17,19,22). The van der Waals surface area contributed by atoms with Crippen molar-refractivity contribution in [3.63, 3.8) is 0 Å². The summed E-state index contributed by atoms with van der Waals surface area (Å²) in [6.45, 7) is 9.68. The highest BCUT2D eigenvalue weighted by Crippen LogP contribution is 2.31. The lowest BCUT2D eigenvalue weighted by molar-refractivity contribution is -0.128. The van der Waals surface area contributed by atoms with Crippen molar-refractivity contribution in [3.05, 3.63) is 5.01 Å². The molecule has 1 saturated heterocycles. The number of rotatable bonds is 7. The molecule has 1 aliphatic rings. The molecular weight excluding hydrogens is 312 g/mol. The van der Waals surface area contributed by atoms with Crippen molar-refractivity contribution in [1.29, 1.82) is 0 Å². The Morgan fingerprint density at radius 2 is 2.13 bits per heavy atom. The van der Waals surface area contributed by atoms with Gasteiger partial charge in [0.1, 0.15) is 5.01 Å². The summed E-state index contributed by atoms with van der Waals surface area (Å²) < 4.78 is 0. The third kappa shape index (κ3) is 4.28. The fourth-order valence-corrected chi connectivity index (χ4v) is 3.34. The highest BCUT2D eigenvalue weighted by Gasteiger charge is 2.34. The van der Waals surface area contributed by atoms with Crippen LogP contribution in [0.2, 0.25) is 0 Å². The van der Waals surface area contributed by atoms with E-state index in [0.717, 1.165) is 30.8 Å². The zero-order valence-electron chi connectivity index (χ0n) is 14.4. The van der Waals surface area contributed by atoms with Gasteiger partial charge in [-0.15, -0.1) is 10.2 Å². The summed E-state index contributed by atoms with van der Waals surface area (Å²) >= 11 is 1.41. The number of unbranched alkanes of at least 4 members (excludes halogenated alkanes) is 1. The van der Waals surface area contributed by atoms with Gasteiger partial charge in [0.2, 0.25) is 16.9 Å². The number of amides is 2. The van der Waals surface area contributed by atoms with Gasteiger partial charge in [0, 0.05) is 24.9 Å². The van der Waals surface area contributed by atoms with Gasteiger partial charge < -0.3 is 10.2 Å². The summed E-state index contributed by atoms with van der Waals surface area (Å²) in [5, 5.41) is 12.5. The third-order valence-electron chi connectivity index (χ3n) is 4.48. The van der Waals surface area contributed by atoms with Gasteiger partial charge in [0.25, 0.3) is 0 Å². The minimum absolute atomic E-state index is 0.0408. The zero-order chi connectivity index (χ0) is 17.0. The van der Waals surface area contributed by atoms with Gasteiger partial charge in [0.05, 0.1) is 5.92 Å². The van der Waals surface area contributed by atoms with Crippen LogP contribution in [-0.4, -0.2) is 40.0 Å². The normalized spacial score (nSPS) is 18.5. The molecule has 0 spiro atoms. The minimum Gasteiger partial charge on any atom is -0.342 e. The van der Waals surface area contributed by atoms with Gasteiger partial charge in [-0.2, -0.15) is 0 Å². The van der Waals surface area contributed by atoms with Crippen LogP contribution < -0.4 is 5.32 Å². The van der Waals surface area contributed by atoms with E-state index in [1.165, 1.54) is 11.3 Å². The molecule has 1 unspecified atom stereocenters. The largest absolute Gasteiger partial charge is 0.342 e. The van der Waals surface area contributed by atoms with Gasteiger partial charge in [-0.1, -0.05) is 45.5 Å². The first-order valence-corrected chi connectivity index (χ1v) is 9.11. The lowest BCUT2D eigenvalue weighted by Crippen LogP contribution is -2.29. The highest BCUT2D eigenvalue weighted by molar-refractivity contribution is 7.15. The first kappa shape index (κ1) is 17.8. The van der Waals surface area contributed by atoms with E-state index in [1.807, 2.05) is 0 Å². The van der Waals surface area contributed by atoms with Crippen molar-refractivity contribution < 1.29 is 9.59 Å². The Morgan fingerprint density at radius 1 is 1.39 bits per heavy atom. The van der Waals surface area contributed by atoms with E-state index in [4.69, 9.17) is 0 Å². The predicted molar refractivity (Wildman–Crippen MR) is 91.5 cm³/mol. The molecule has 0 saturated carbocycles. The molecule has 1 aromatic rings. The van der Waals surface area contributed by atoms with Crippen molar-refractivity contribution in [1.82, 2.24) is 15.1 Å². The SMILES string of the molecule is CCCCN1CC(C(=O)Nc2nnc(C(C)(C)CC)s2)CC1=O. The first-order chi connectivity index (χ1) is 10.9. The number of carbonyl (C=O) groups is 2. The molecule has 0 aromatic carbocycles. The molecule has 1 aliphatic heterocycles. The quantitative estimate of drug-likeness (QED) is 0.829. The number of anilines is 1. The molecule has 2 heterocycles. The molecule has 23 heavy (non-hydrogen) atoms. The molecule has 128 valence electrons. The summed E-state index contributed by atoms with van der Waals surface area (Å²) in [6.07, 6.45) is 3.27. The van der Waals surface area contributed by atoms with Crippen LogP contribution in [-0.2, 0) is 15.0 Å². The molecule has 7 heteroatoms. The zero-order valence-corrected chi connectivity index (χ0v) is 15.2. The summed E-state index contributed by atoms with van der Waals surface area (Å²) in [5.41, 5.74) is -0.0408. The topological polar surface area (TPSA) is 75.2 Å². The molecule has 1 aromatic heterocycles. The molecule has 0 bridgehead atoms. The van der Waals surface area contributed by atoms with Crippen LogP contribution in [0.1, 0.15) is 58.4 Å². The average molecular weight is 338 g/mol. The highest BCUT2D eigenvalue weighted by atomic mass is 32.1. The number of carbonyl (C=O) groups excluding carboxylic acids is 2. The van der Waals surface area contributed by atoms with E-state index in [9.17, 15) is 9.59 Å². The smallest absolute Gasteiger partial charge is 0.231 e. The van der Waals surface area contributed by atoms with Crippen molar-refractivity contribution >= 4 is 28.3 Å². The minimum atomic E-state index is -0.286. The average Bonchev–Trinajstić information content (AvgIpc) is 3.12. The Hall–Kier alpha value is -1.50. The van der Waals surface area contributed by atoms with Gasteiger partial charge in [-0.05, 0) is 12.8 Å². The van der Waals surface area contributed by atoms with Crippen LogP contribution >= 0.6 is 11.3 Å². The van der Waals surface area contributed by atoms with E-state index in [1.54, 1.807) is 4.90 Å². The number of nitrogens with zero attached hydrogens (tertiary/aromatic N) is 3. The number of hydrogen-bond donors (Lipinski definition) is 1. The van der Waals surface area contributed by atoms with Crippen molar-refractivity contribution in [2.45, 2.75) is 58.8 Å². The maximum atomic E-state index is 12.4. The Bertz CT molecular complexity index is 570.